The molecule has 0 N–H and O–H groups in total. The first-order chi connectivity index (χ1) is 7.41. The monoisotopic (exact) mass is 274 g/mol. The van der Waals surface area contributed by atoms with E-state index in [0.29, 0.717) is 0 Å². The van der Waals surface area contributed by atoms with Crippen molar-refractivity contribution in [2.24, 2.45) is 0 Å². The summed E-state index contributed by atoms with van der Waals surface area (Å²) in [5, 5.41) is 0. The highest BCUT2D eigenvalue weighted by atomic mass is 19.3. The highest BCUT2D eigenvalue weighted by Crippen LogP contribution is 2.51. The van der Waals surface area contributed by atoms with Crippen molar-refractivity contribution in [1.29, 1.82) is 0 Å². The van der Waals surface area contributed by atoms with E-state index in [1.807, 2.05) is 0 Å². The average Bonchev–Trinajstić information content (AvgIpc) is 2.15. The quantitative estimate of drug-likeness (QED) is 0.633. The number of allylic oxidation sites excluding steroid dienone is 1. The van der Waals surface area contributed by atoms with Gasteiger partial charge in [-0.2, -0.15) is 39.5 Å². The Labute approximate surface area is 90.1 Å². The van der Waals surface area contributed by atoms with Gasteiger partial charge in [0.1, 0.15) is 0 Å². The maximum Gasteiger partial charge on any atom is 0.378 e. The SMILES string of the molecule is CCCC(F)(F)C(F)(F)C(F)(F)C(F)=C(F)F. The topological polar surface area (TPSA) is 0 Å². The average molecular weight is 274 g/mol. The van der Waals surface area contributed by atoms with Crippen molar-refractivity contribution in [1.82, 2.24) is 0 Å². The molecule has 0 aliphatic carbocycles. The van der Waals surface area contributed by atoms with Crippen LogP contribution in [0.2, 0.25) is 0 Å². The molecule has 0 aromatic carbocycles. The first-order valence-electron chi connectivity index (χ1n) is 4.26. The number of hydrogen-bond donors (Lipinski definition) is 0. The fourth-order valence-electron chi connectivity index (χ4n) is 0.957. The van der Waals surface area contributed by atoms with Crippen LogP contribution in [-0.4, -0.2) is 17.8 Å². The molecule has 0 spiro atoms. The lowest BCUT2D eigenvalue weighted by Gasteiger charge is -2.31. The van der Waals surface area contributed by atoms with Gasteiger partial charge in [0.2, 0.25) is 5.83 Å². The van der Waals surface area contributed by atoms with Crippen LogP contribution in [0.3, 0.4) is 0 Å². The normalized spacial score (nSPS) is 13.8. The molecule has 0 amide bonds. The van der Waals surface area contributed by atoms with Crippen LogP contribution in [0.5, 0.6) is 0 Å². The zero-order valence-electron chi connectivity index (χ0n) is 8.32. The van der Waals surface area contributed by atoms with Crippen molar-refractivity contribution < 1.29 is 39.5 Å². The summed E-state index contributed by atoms with van der Waals surface area (Å²) < 4.78 is 111. The molecule has 102 valence electrons. The number of rotatable bonds is 5. The Morgan fingerprint density at radius 2 is 1.29 bits per heavy atom. The van der Waals surface area contributed by atoms with Crippen molar-refractivity contribution in [2.45, 2.75) is 37.5 Å². The van der Waals surface area contributed by atoms with E-state index in [1.54, 1.807) is 0 Å². The standard InChI is InChI=1S/C8H7F9/c1-2-3-6(12,13)8(16,17)7(14,15)4(9)5(10)11/h2-3H2,1H3. The summed E-state index contributed by atoms with van der Waals surface area (Å²) >= 11 is 0. The molecule has 0 atom stereocenters. The molecule has 0 rings (SSSR count). The summed E-state index contributed by atoms with van der Waals surface area (Å²) in [7, 11) is 0. The molecule has 0 aliphatic heterocycles. The molecule has 17 heavy (non-hydrogen) atoms. The van der Waals surface area contributed by atoms with Crippen LogP contribution < -0.4 is 0 Å². The van der Waals surface area contributed by atoms with Gasteiger partial charge < -0.3 is 0 Å². The van der Waals surface area contributed by atoms with Crippen LogP contribution in [-0.2, 0) is 0 Å². The van der Waals surface area contributed by atoms with Crippen LogP contribution >= 0.6 is 0 Å². The molecule has 0 aliphatic rings. The Hall–Kier alpha value is -0.890. The summed E-state index contributed by atoms with van der Waals surface area (Å²) in [5.74, 6) is -21.6. The smallest absolute Gasteiger partial charge is 0.200 e. The second kappa shape index (κ2) is 4.77. The molecule has 0 bridgehead atoms. The van der Waals surface area contributed by atoms with E-state index in [2.05, 4.69) is 0 Å². The molecule has 0 unspecified atom stereocenters. The first-order valence-corrected chi connectivity index (χ1v) is 4.26. The maximum absolute atomic E-state index is 12.7. The highest BCUT2D eigenvalue weighted by Gasteiger charge is 2.73. The van der Waals surface area contributed by atoms with Gasteiger partial charge in [0.15, 0.2) is 0 Å². The minimum atomic E-state index is -6.26. The maximum atomic E-state index is 12.7. The molecule has 0 radical (unpaired) electrons. The van der Waals surface area contributed by atoms with Crippen molar-refractivity contribution in [2.75, 3.05) is 0 Å². The summed E-state index contributed by atoms with van der Waals surface area (Å²) in [6.07, 6.45) is -6.05. The van der Waals surface area contributed by atoms with E-state index in [1.165, 1.54) is 0 Å². The van der Waals surface area contributed by atoms with E-state index in [0.717, 1.165) is 6.92 Å². The van der Waals surface area contributed by atoms with Gasteiger partial charge in [-0.15, -0.1) is 0 Å². The number of alkyl halides is 6. The molecule has 0 saturated carbocycles. The molecule has 0 fully saturated rings. The minimum absolute atomic E-state index is 0.609. The zero-order valence-corrected chi connectivity index (χ0v) is 8.32. The van der Waals surface area contributed by atoms with Crippen LogP contribution in [0.4, 0.5) is 39.5 Å². The molecule has 9 heteroatoms. The fraction of sp³-hybridized carbons (Fsp3) is 0.750. The second-order valence-corrected chi connectivity index (χ2v) is 3.18. The predicted molar refractivity (Wildman–Crippen MR) is 40.1 cm³/mol. The van der Waals surface area contributed by atoms with E-state index in [9.17, 15) is 39.5 Å². The third kappa shape index (κ3) is 2.68. The Morgan fingerprint density at radius 1 is 0.882 bits per heavy atom. The van der Waals surface area contributed by atoms with Gasteiger partial charge in [0.05, 0.1) is 0 Å². The Morgan fingerprint density at radius 3 is 1.59 bits per heavy atom. The Kier molecular flexibility index (Phi) is 4.52. The predicted octanol–water partition coefficient (Wildman–Crippen LogP) is 4.77. The third-order valence-electron chi connectivity index (χ3n) is 1.86. The van der Waals surface area contributed by atoms with Crippen molar-refractivity contribution in [3.8, 4) is 0 Å². The molecule has 0 heterocycles. The number of halogens is 9. The Bertz CT molecular complexity index is 300. The summed E-state index contributed by atoms with van der Waals surface area (Å²) in [5.41, 5.74) is 0. The van der Waals surface area contributed by atoms with Gasteiger partial charge >= 0.3 is 23.8 Å². The van der Waals surface area contributed by atoms with E-state index < -0.39 is 42.5 Å². The van der Waals surface area contributed by atoms with Gasteiger partial charge in [-0.25, -0.2) is 0 Å². The second-order valence-electron chi connectivity index (χ2n) is 3.18. The van der Waals surface area contributed by atoms with Gasteiger partial charge in [-0.1, -0.05) is 13.3 Å². The van der Waals surface area contributed by atoms with Crippen molar-refractivity contribution >= 4 is 0 Å². The van der Waals surface area contributed by atoms with Crippen molar-refractivity contribution in [3.63, 3.8) is 0 Å². The van der Waals surface area contributed by atoms with Crippen LogP contribution in [0.25, 0.3) is 0 Å². The molecule has 0 saturated heterocycles. The Balaban J connectivity index is 5.52. The summed E-state index contributed by atoms with van der Waals surface area (Å²) in [4.78, 5) is 0. The first kappa shape index (κ1) is 16.1. The molecule has 0 aromatic rings. The van der Waals surface area contributed by atoms with Gasteiger partial charge in [0.25, 0.3) is 0 Å². The van der Waals surface area contributed by atoms with E-state index in [-0.39, 0.29) is 0 Å². The fourth-order valence-corrected chi connectivity index (χ4v) is 0.957. The van der Waals surface area contributed by atoms with Crippen LogP contribution in [0, 0.1) is 0 Å². The lowest BCUT2D eigenvalue weighted by atomic mass is 10.00. The van der Waals surface area contributed by atoms with Gasteiger partial charge in [-0.05, 0) is 0 Å². The lowest BCUT2D eigenvalue weighted by Crippen LogP contribution is -2.54. The molecular formula is C8H7F9. The molecule has 0 aromatic heterocycles. The van der Waals surface area contributed by atoms with E-state index in [4.69, 9.17) is 0 Å². The van der Waals surface area contributed by atoms with Gasteiger partial charge in [-0.3, -0.25) is 0 Å². The highest BCUT2D eigenvalue weighted by molar-refractivity contribution is 5.14. The molecule has 0 nitrogen and oxygen atoms in total. The van der Waals surface area contributed by atoms with Gasteiger partial charge in [0, 0.05) is 6.42 Å². The molecular weight excluding hydrogens is 267 g/mol. The number of hydrogen-bond acceptors (Lipinski definition) is 0. The minimum Gasteiger partial charge on any atom is -0.200 e. The lowest BCUT2D eigenvalue weighted by molar-refractivity contribution is -0.302. The van der Waals surface area contributed by atoms with Crippen molar-refractivity contribution in [3.05, 3.63) is 11.9 Å². The summed E-state index contributed by atoms with van der Waals surface area (Å²) in [6, 6.07) is 0. The van der Waals surface area contributed by atoms with Crippen LogP contribution in [0.1, 0.15) is 19.8 Å². The zero-order chi connectivity index (χ0) is 14.1. The van der Waals surface area contributed by atoms with E-state index >= 15 is 0 Å². The third-order valence-corrected chi connectivity index (χ3v) is 1.86. The summed E-state index contributed by atoms with van der Waals surface area (Å²) in [6.45, 7) is 0.990. The largest absolute Gasteiger partial charge is 0.378 e. The van der Waals surface area contributed by atoms with Crippen LogP contribution in [0.15, 0.2) is 11.9 Å².